The predicted molar refractivity (Wildman–Crippen MR) is 56.8 cm³/mol. The quantitative estimate of drug-likeness (QED) is 0.804. The molecule has 0 spiro atoms. The molecule has 0 saturated heterocycles. The Kier molecular flexibility index (Phi) is 4.16. The zero-order chi connectivity index (χ0) is 13.2. The molecule has 0 amide bonds. The summed E-state index contributed by atoms with van der Waals surface area (Å²) in [6, 6.07) is 1.66. The van der Waals surface area contributed by atoms with Crippen LogP contribution < -0.4 is 0 Å². The second kappa shape index (κ2) is 5.06. The van der Waals surface area contributed by atoms with Crippen LogP contribution in [0.25, 0.3) is 0 Å². The van der Waals surface area contributed by atoms with Gasteiger partial charge >= 0.3 is 0 Å². The zero-order valence-corrected chi connectivity index (χ0v) is 9.67. The summed E-state index contributed by atoms with van der Waals surface area (Å²) in [6.07, 6.45) is -1.25. The maximum Gasteiger partial charge on any atom is 0.194 e. The standard InChI is InChI=1S/C12H15F3O2/c1-3-12(17,4-2)11(16)7-5-6-8(13)10(15)9(7)14/h5-6,11,16-17H,3-4H2,1-2H3. The van der Waals surface area contributed by atoms with Crippen molar-refractivity contribution in [2.24, 2.45) is 0 Å². The average Bonchev–Trinajstić information content (AvgIpc) is 2.34. The Bertz CT molecular complexity index is 403. The number of benzene rings is 1. The second-order valence-electron chi connectivity index (χ2n) is 3.98. The molecule has 0 aliphatic heterocycles. The molecular formula is C12H15F3O2. The van der Waals surface area contributed by atoms with Gasteiger partial charge in [-0.1, -0.05) is 19.9 Å². The van der Waals surface area contributed by atoms with Crippen molar-refractivity contribution in [2.45, 2.75) is 38.4 Å². The van der Waals surface area contributed by atoms with Gasteiger partial charge in [0.1, 0.15) is 6.10 Å². The molecule has 0 radical (unpaired) electrons. The molecule has 1 atom stereocenters. The van der Waals surface area contributed by atoms with Gasteiger partial charge in [0, 0.05) is 5.56 Å². The summed E-state index contributed by atoms with van der Waals surface area (Å²) in [4.78, 5) is 0. The number of aliphatic hydroxyl groups is 2. The fourth-order valence-corrected chi connectivity index (χ4v) is 1.68. The SMILES string of the molecule is CCC(O)(CC)C(O)c1ccc(F)c(F)c1F. The van der Waals surface area contributed by atoms with E-state index in [4.69, 9.17) is 0 Å². The van der Waals surface area contributed by atoms with Crippen molar-refractivity contribution in [1.29, 1.82) is 0 Å². The van der Waals surface area contributed by atoms with Crippen molar-refractivity contribution in [3.05, 3.63) is 35.1 Å². The third kappa shape index (κ3) is 2.45. The average molecular weight is 248 g/mol. The van der Waals surface area contributed by atoms with Crippen molar-refractivity contribution < 1.29 is 23.4 Å². The third-order valence-electron chi connectivity index (χ3n) is 3.09. The summed E-state index contributed by atoms with van der Waals surface area (Å²) in [5.74, 6) is -4.43. The van der Waals surface area contributed by atoms with E-state index in [-0.39, 0.29) is 12.8 Å². The van der Waals surface area contributed by atoms with Crippen LogP contribution in [0.1, 0.15) is 38.4 Å². The Morgan fingerprint density at radius 3 is 2.12 bits per heavy atom. The first-order chi connectivity index (χ1) is 7.87. The topological polar surface area (TPSA) is 40.5 Å². The molecule has 0 aromatic heterocycles. The van der Waals surface area contributed by atoms with Crippen LogP contribution in [0.3, 0.4) is 0 Å². The Balaban J connectivity index is 3.21. The van der Waals surface area contributed by atoms with Gasteiger partial charge in [-0.15, -0.1) is 0 Å². The van der Waals surface area contributed by atoms with Gasteiger partial charge < -0.3 is 10.2 Å². The van der Waals surface area contributed by atoms with Crippen molar-refractivity contribution in [3.8, 4) is 0 Å². The highest BCUT2D eigenvalue weighted by atomic mass is 19.2. The fraction of sp³-hybridized carbons (Fsp3) is 0.500. The van der Waals surface area contributed by atoms with Crippen LogP contribution in [0.15, 0.2) is 12.1 Å². The Labute approximate surface area is 97.7 Å². The molecule has 5 heteroatoms. The van der Waals surface area contributed by atoms with E-state index in [1.165, 1.54) is 0 Å². The molecule has 0 aliphatic rings. The largest absolute Gasteiger partial charge is 0.387 e. The van der Waals surface area contributed by atoms with E-state index < -0.39 is 34.7 Å². The third-order valence-corrected chi connectivity index (χ3v) is 3.09. The van der Waals surface area contributed by atoms with E-state index in [0.29, 0.717) is 0 Å². The van der Waals surface area contributed by atoms with Crippen LogP contribution in [0, 0.1) is 17.5 Å². The lowest BCUT2D eigenvalue weighted by atomic mass is 9.86. The van der Waals surface area contributed by atoms with Gasteiger partial charge in [-0.3, -0.25) is 0 Å². The van der Waals surface area contributed by atoms with Crippen LogP contribution >= 0.6 is 0 Å². The second-order valence-corrected chi connectivity index (χ2v) is 3.98. The molecule has 2 nitrogen and oxygen atoms in total. The molecule has 0 bridgehead atoms. The number of hydrogen-bond acceptors (Lipinski definition) is 2. The minimum absolute atomic E-state index is 0.170. The van der Waals surface area contributed by atoms with Crippen molar-refractivity contribution in [2.75, 3.05) is 0 Å². The molecule has 0 aliphatic carbocycles. The lowest BCUT2D eigenvalue weighted by Crippen LogP contribution is -2.35. The van der Waals surface area contributed by atoms with Crippen molar-refractivity contribution in [3.63, 3.8) is 0 Å². The predicted octanol–water partition coefficient (Wildman–Crippen LogP) is 2.69. The van der Waals surface area contributed by atoms with Crippen LogP contribution in [0.2, 0.25) is 0 Å². The summed E-state index contributed by atoms with van der Waals surface area (Å²) in [7, 11) is 0. The summed E-state index contributed by atoms with van der Waals surface area (Å²) in [6.45, 7) is 3.23. The van der Waals surface area contributed by atoms with E-state index in [9.17, 15) is 23.4 Å². The first-order valence-corrected chi connectivity index (χ1v) is 5.41. The molecule has 17 heavy (non-hydrogen) atoms. The van der Waals surface area contributed by atoms with E-state index in [2.05, 4.69) is 0 Å². The number of rotatable bonds is 4. The zero-order valence-electron chi connectivity index (χ0n) is 9.67. The fourth-order valence-electron chi connectivity index (χ4n) is 1.68. The Morgan fingerprint density at radius 2 is 1.65 bits per heavy atom. The van der Waals surface area contributed by atoms with Gasteiger partial charge in [-0.25, -0.2) is 13.2 Å². The van der Waals surface area contributed by atoms with Gasteiger partial charge in [-0.05, 0) is 18.9 Å². The first-order valence-electron chi connectivity index (χ1n) is 5.41. The highest BCUT2D eigenvalue weighted by Gasteiger charge is 2.35. The van der Waals surface area contributed by atoms with Crippen LogP contribution in [0.5, 0.6) is 0 Å². The maximum absolute atomic E-state index is 13.4. The molecule has 0 heterocycles. The van der Waals surface area contributed by atoms with Crippen molar-refractivity contribution >= 4 is 0 Å². The normalized spacial score (nSPS) is 13.8. The Hall–Kier alpha value is -1.07. The molecule has 96 valence electrons. The summed E-state index contributed by atoms with van der Waals surface area (Å²) >= 11 is 0. The van der Waals surface area contributed by atoms with Gasteiger partial charge in [0.25, 0.3) is 0 Å². The highest BCUT2D eigenvalue weighted by Crippen LogP contribution is 2.33. The molecule has 1 aromatic carbocycles. The Morgan fingerprint density at radius 1 is 1.12 bits per heavy atom. The van der Waals surface area contributed by atoms with E-state index in [1.807, 2.05) is 0 Å². The minimum Gasteiger partial charge on any atom is -0.387 e. The lowest BCUT2D eigenvalue weighted by Gasteiger charge is -2.31. The smallest absolute Gasteiger partial charge is 0.194 e. The van der Waals surface area contributed by atoms with Gasteiger partial charge in [0.2, 0.25) is 0 Å². The van der Waals surface area contributed by atoms with E-state index in [0.717, 1.165) is 12.1 Å². The molecular weight excluding hydrogens is 233 g/mol. The first kappa shape index (κ1) is 14.0. The molecule has 0 saturated carbocycles. The van der Waals surface area contributed by atoms with Crippen LogP contribution in [-0.2, 0) is 0 Å². The minimum atomic E-state index is -1.64. The number of aliphatic hydroxyl groups excluding tert-OH is 1. The summed E-state index contributed by atoms with van der Waals surface area (Å²) in [5.41, 5.74) is -1.99. The highest BCUT2D eigenvalue weighted by molar-refractivity contribution is 5.24. The monoisotopic (exact) mass is 248 g/mol. The van der Waals surface area contributed by atoms with E-state index >= 15 is 0 Å². The summed E-state index contributed by atoms with van der Waals surface area (Å²) in [5, 5.41) is 19.9. The molecule has 1 rings (SSSR count). The van der Waals surface area contributed by atoms with Gasteiger partial charge in [0.15, 0.2) is 17.5 Å². The van der Waals surface area contributed by atoms with Gasteiger partial charge in [0.05, 0.1) is 5.60 Å². The number of hydrogen-bond donors (Lipinski definition) is 2. The van der Waals surface area contributed by atoms with Gasteiger partial charge in [-0.2, -0.15) is 0 Å². The number of halogens is 3. The molecule has 0 fully saturated rings. The molecule has 1 aromatic rings. The van der Waals surface area contributed by atoms with E-state index in [1.54, 1.807) is 13.8 Å². The summed E-state index contributed by atoms with van der Waals surface area (Å²) < 4.78 is 39.2. The van der Waals surface area contributed by atoms with Crippen molar-refractivity contribution in [1.82, 2.24) is 0 Å². The van der Waals surface area contributed by atoms with Crippen LogP contribution in [0.4, 0.5) is 13.2 Å². The molecule has 2 N–H and O–H groups in total. The lowest BCUT2D eigenvalue weighted by molar-refractivity contribution is -0.0836. The molecule has 1 unspecified atom stereocenters. The maximum atomic E-state index is 13.4. The van der Waals surface area contributed by atoms with Crippen LogP contribution in [-0.4, -0.2) is 15.8 Å².